The molecule has 0 amide bonds. The number of ketones is 1. The fraction of sp³-hybridized carbons (Fsp3) is 0.600. The summed E-state index contributed by atoms with van der Waals surface area (Å²) in [5, 5.41) is 3.63. The Morgan fingerprint density at radius 2 is 2.00 bits per heavy atom. The molecule has 1 aromatic rings. The highest BCUT2D eigenvalue weighted by Gasteiger charge is 2.35. The first-order valence-electron chi connectivity index (χ1n) is 6.95. The topological polar surface area (TPSA) is 42.0 Å². The Bertz CT molecular complexity index is 428. The predicted molar refractivity (Wildman–Crippen MR) is 70.6 cm³/mol. The quantitative estimate of drug-likeness (QED) is 0.813. The van der Waals surface area contributed by atoms with E-state index in [0.29, 0.717) is 17.8 Å². The fourth-order valence-electron chi connectivity index (χ4n) is 3.30. The monoisotopic (exact) mass is 244 g/mol. The summed E-state index contributed by atoms with van der Waals surface area (Å²) in [6, 6.07) is 4.95. The standard InChI is InChI=1S/C15H20N2O/c1-10-5-6-14(16-9-10)15(18)11-7-12-3-2-4-13(8-11)17-12/h5-6,9,11-13,17H,2-4,7-8H2,1H3. The molecule has 96 valence electrons. The molecule has 0 saturated carbocycles. The molecule has 0 spiro atoms. The van der Waals surface area contributed by atoms with E-state index in [1.807, 2.05) is 19.1 Å². The number of carbonyl (C=O) groups is 1. The predicted octanol–water partition coefficient (Wildman–Crippen LogP) is 2.49. The molecule has 1 N–H and O–H groups in total. The minimum Gasteiger partial charge on any atom is -0.311 e. The van der Waals surface area contributed by atoms with Crippen molar-refractivity contribution >= 4 is 5.78 Å². The average molecular weight is 244 g/mol. The Hall–Kier alpha value is -1.22. The lowest BCUT2D eigenvalue weighted by molar-refractivity contribution is 0.0820. The van der Waals surface area contributed by atoms with Gasteiger partial charge in [0.05, 0.1) is 0 Å². The number of rotatable bonds is 2. The molecular weight excluding hydrogens is 224 g/mol. The summed E-state index contributed by atoms with van der Waals surface area (Å²) in [5.74, 6) is 0.421. The van der Waals surface area contributed by atoms with E-state index in [4.69, 9.17) is 0 Å². The smallest absolute Gasteiger partial charge is 0.184 e. The average Bonchev–Trinajstić information content (AvgIpc) is 2.38. The number of nitrogens with one attached hydrogen (secondary N) is 1. The van der Waals surface area contributed by atoms with Crippen LogP contribution in [-0.2, 0) is 0 Å². The van der Waals surface area contributed by atoms with Crippen LogP contribution in [0.25, 0.3) is 0 Å². The second-order valence-electron chi connectivity index (χ2n) is 5.74. The van der Waals surface area contributed by atoms with E-state index in [1.54, 1.807) is 6.20 Å². The Morgan fingerprint density at radius 1 is 1.28 bits per heavy atom. The summed E-state index contributed by atoms with van der Waals surface area (Å²) in [6.45, 7) is 2.00. The fourth-order valence-corrected chi connectivity index (χ4v) is 3.30. The van der Waals surface area contributed by atoms with E-state index >= 15 is 0 Å². The van der Waals surface area contributed by atoms with Crippen molar-refractivity contribution in [2.75, 3.05) is 0 Å². The third-order valence-corrected chi connectivity index (χ3v) is 4.25. The maximum Gasteiger partial charge on any atom is 0.184 e. The van der Waals surface area contributed by atoms with Crippen molar-refractivity contribution in [1.29, 1.82) is 0 Å². The van der Waals surface area contributed by atoms with E-state index in [2.05, 4.69) is 10.3 Å². The van der Waals surface area contributed by atoms with Crippen molar-refractivity contribution in [3.8, 4) is 0 Å². The van der Waals surface area contributed by atoms with Crippen LogP contribution in [0.3, 0.4) is 0 Å². The van der Waals surface area contributed by atoms with Gasteiger partial charge in [-0.1, -0.05) is 12.5 Å². The number of hydrogen-bond acceptors (Lipinski definition) is 3. The Balaban J connectivity index is 1.74. The second kappa shape index (κ2) is 4.81. The van der Waals surface area contributed by atoms with Gasteiger partial charge in [-0.05, 0) is 44.2 Å². The first kappa shape index (κ1) is 11.8. The number of pyridine rings is 1. The molecule has 2 aliphatic heterocycles. The van der Waals surface area contributed by atoms with Gasteiger partial charge in [0.25, 0.3) is 0 Å². The molecule has 3 rings (SSSR count). The zero-order valence-electron chi connectivity index (χ0n) is 10.9. The minimum atomic E-state index is 0.178. The highest BCUT2D eigenvalue weighted by molar-refractivity contribution is 5.96. The third-order valence-electron chi connectivity index (χ3n) is 4.25. The van der Waals surface area contributed by atoms with E-state index in [-0.39, 0.29) is 11.7 Å². The lowest BCUT2D eigenvalue weighted by atomic mass is 9.78. The molecule has 1 aromatic heterocycles. The van der Waals surface area contributed by atoms with Crippen molar-refractivity contribution in [3.63, 3.8) is 0 Å². The SMILES string of the molecule is Cc1ccc(C(=O)C2CC3CCCC(C2)N3)nc1. The van der Waals surface area contributed by atoms with E-state index in [0.717, 1.165) is 18.4 Å². The molecule has 2 saturated heterocycles. The minimum absolute atomic E-state index is 0.178. The molecule has 0 aromatic carbocycles. The van der Waals surface area contributed by atoms with Gasteiger partial charge < -0.3 is 5.32 Å². The van der Waals surface area contributed by atoms with Gasteiger partial charge in [0.1, 0.15) is 5.69 Å². The molecule has 2 unspecified atom stereocenters. The molecule has 0 aliphatic carbocycles. The van der Waals surface area contributed by atoms with Crippen molar-refractivity contribution in [3.05, 3.63) is 29.6 Å². The van der Waals surface area contributed by atoms with E-state index < -0.39 is 0 Å². The van der Waals surface area contributed by atoms with Crippen molar-refractivity contribution in [1.82, 2.24) is 10.3 Å². The number of Topliss-reactive ketones (excluding diaryl/α,β-unsaturated/α-hetero) is 1. The summed E-state index contributed by atoms with van der Waals surface area (Å²) in [7, 11) is 0. The summed E-state index contributed by atoms with van der Waals surface area (Å²) in [4.78, 5) is 16.7. The molecule has 0 radical (unpaired) electrons. The maximum absolute atomic E-state index is 12.5. The van der Waals surface area contributed by atoms with Gasteiger partial charge >= 0.3 is 0 Å². The number of piperidine rings is 2. The van der Waals surface area contributed by atoms with Gasteiger partial charge in [-0.25, -0.2) is 0 Å². The van der Waals surface area contributed by atoms with Crippen LogP contribution in [0.15, 0.2) is 18.3 Å². The van der Waals surface area contributed by atoms with Crippen LogP contribution in [0, 0.1) is 12.8 Å². The zero-order valence-corrected chi connectivity index (χ0v) is 10.9. The van der Waals surface area contributed by atoms with Gasteiger partial charge in [0.2, 0.25) is 0 Å². The van der Waals surface area contributed by atoms with Gasteiger partial charge in [-0.15, -0.1) is 0 Å². The summed E-state index contributed by atoms with van der Waals surface area (Å²) in [6.07, 6.45) is 7.53. The van der Waals surface area contributed by atoms with Crippen LogP contribution in [0.2, 0.25) is 0 Å². The lowest BCUT2D eigenvalue weighted by Gasteiger charge is -2.39. The normalized spacial score (nSPS) is 31.1. The highest BCUT2D eigenvalue weighted by Crippen LogP contribution is 2.31. The lowest BCUT2D eigenvalue weighted by Crippen LogP contribution is -2.50. The second-order valence-corrected chi connectivity index (χ2v) is 5.74. The van der Waals surface area contributed by atoms with Crippen LogP contribution in [0.4, 0.5) is 0 Å². The summed E-state index contributed by atoms with van der Waals surface area (Å²) < 4.78 is 0. The third kappa shape index (κ3) is 2.32. The van der Waals surface area contributed by atoms with Gasteiger partial charge in [-0.3, -0.25) is 9.78 Å². The first-order valence-corrected chi connectivity index (χ1v) is 6.95. The van der Waals surface area contributed by atoms with Crippen LogP contribution >= 0.6 is 0 Å². The number of aromatic nitrogens is 1. The van der Waals surface area contributed by atoms with E-state index in [1.165, 1.54) is 19.3 Å². The van der Waals surface area contributed by atoms with Crippen LogP contribution in [-0.4, -0.2) is 22.9 Å². The zero-order chi connectivity index (χ0) is 12.5. The molecule has 3 nitrogen and oxygen atoms in total. The first-order chi connectivity index (χ1) is 8.72. The maximum atomic E-state index is 12.5. The molecule has 3 heteroatoms. The molecule has 18 heavy (non-hydrogen) atoms. The molecule has 2 atom stereocenters. The van der Waals surface area contributed by atoms with Gasteiger partial charge in [0, 0.05) is 24.2 Å². The summed E-state index contributed by atoms with van der Waals surface area (Å²) in [5.41, 5.74) is 1.75. The van der Waals surface area contributed by atoms with Crippen LogP contribution < -0.4 is 5.32 Å². The van der Waals surface area contributed by atoms with Crippen molar-refractivity contribution in [2.45, 2.75) is 51.1 Å². The number of carbonyl (C=O) groups excluding carboxylic acids is 1. The highest BCUT2D eigenvalue weighted by atomic mass is 16.1. The molecule has 2 aliphatic rings. The van der Waals surface area contributed by atoms with Gasteiger partial charge in [0.15, 0.2) is 5.78 Å². The number of hydrogen-bond donors (Lipinski definition) is 1. The van der Waals surface area contributed by atoms with Crippen LogP contribution in [0.1, 0.15) is 48.2 Å². The summed E-state index contributed by atoms with van der Waals surface area (Å²) >= 11 is 0. The van der Waals surface area contributed by atoms with Gasteiger partial charge in [-0.2, -0.15) is 0 Å². The number of nitrogens with zero attached hydrogens (tertiary/aromatic N) is 1. The Kier molecular flexibility index (Phi) is 3.16. The number of fused-ring (bicyclic) bond motifs is 2. The molecule has 2 fully saturated rings. The van der Waals surface area contributed by atoms with Crippen molar-refractivity contribution in [2.24, 2.45) is 5.92 Å². The molecule has 3 heterocycles. The van der Waals surface area contributed by atoms with E-state index in [9.17, 15) is 4.79 Å². The molecular formula is C15H20N2O. The largest absolute Gasteiger partial charge is 0.311 e. The molecule has 2 bridgehead atoms. The van der Waals surface area contributed by atoms with Crippen molar-refractivity contribution < 1.29 is 4.79 Å². The Morgan fingerprint density at radius 3 is 2.61 bits per heavy atom. The number of aryl methyl sites for hydroxylation is 1. The van der Waals surface area contributed by atoms with Crippen LogP contribution in [0.5, 0.6) is 0 Å². The Labute approximate surface area is 108 Å².